The maximum absolute atomic E-state index is 11.7. The molecule has 5 heteroatoms. The van der Waals surface area contributed by atoms with Crippen LogP contribution in [0.3, 0.4) is 0 Å². The van der Waals surface area contributed by atoms with Gasteiger partial charge in [-0.05, 0) is 33.0 Å². The molecule has 1 unspecified atom stereocenters. The van der Waals surface area contributed by atoms with E-state index in [0.717, 1.165) is 23.5 Å². The third-order valence-corrected chi connectivity index (χ3v) is 4.29. The van der Waals surface area contributed by atoms with Gasteiger partial charge in [0.2, 0.25) is 0 Å². The Morgan fingerprint density at radius 2 is 2.05 bits per heavy atom. The van der Waals surface area contributed by atoms with E-state index in [-0.39, 0.29) is 12.0 Å². The molecule has 2 heterocycles. The van der Waals surface area contributed by atoms with Crippen LogP contribution < -0.4 is 0 Å². The molecule has 1 saturated heterocycles. The molecule has 0 spiro atoms. The van der Waals surface area contributed by atoms with E-state index in [1.807, 2.05) is 49.0 Å². The van der Waals surface area contributed by atoms with Crippen LogP contribution >= 0.6 is 0 Å². The zero-order chi connectivity index (χ0) is 15.7. The van der Waals surface area contributed by atoms with Gasteiger partial charge in [-0.15, -0.1) is 0 Å². The molecular weight excluding hydrogens is 278 g/mol. The van der Waals surface area contributed by atoms with Gasteiger partial charge < -0.3 is 4.74 Å². The lowest BCUT2D eigenvalue weighted by atomic mass is 10.1. The number of carbonyl (C=O) groups excluding carboxylic acids is 1. The van der Waals surface area contributed by atoms with E-state index < -0.39 is 0 Å². The number of cyclic esters (lactones) is 1. The van der Waals surface area contributed by atoms with Crippen molar-refractivity contribution in [3.63, 3.8) is 0 Å². The molecule has 1 aliphatic heterocycles. The maximum atomic E-state index is 11.7. The van der Waals surface area contributed by atoms with Crippen LogP contribution in [0.5, 0.6) is 0 Å². The van der Waals surface area contributed by atoms with Crippen LogP contribution in [0.4, 0.5) is 0 Å². The Bertz CT molecular complexity index is 679. The number of para-hydroxylation sites is 1. The first-order valence-electron chi connectivity index (χ1n) is 7.55. The lowest BCUT2D eigenvalue weighted by Gasteiger charge is -2.21. The first kappa shape index (κ1) is 14.8. The minimum absolute atomic E-state index is 0.117. The van der Waals surface area contributed by atoms with Crippen LogP contribution in [0.25, 0.3) is 5.69 Å². The standard InChI is InChI=1S/C17H21N3O2/c1-12-15(11-19(3)16-9-10-22-17(16)21)13(2)20(18-12)14-7-5-4-6-8-14/h4-8,16H,9-11H2,1-3H3. The Hall–Kier alpha value is -2.14. The Balaban J connectivity index is 1.86. The number of aryl methyl sites for hydroxylation is 1. The topological polar surface area (TPSA) is 47.4 Å². The Labute approximate surface area is 130 Å². The average molecular weight is 299 g/mol. The lowest BCUT2D eigenvalue weighted by molar-refractivity contribution is -0.142. The lowest BCUT2D eigenvalue weighted by Crippen LogP contribution is -2.35. The van der Waals surface area contributed by atoms with Crippen molar-refractivity contribution >= 4 is 5.97 Å². The molecule has 0 amide bonds. The summed E-state index contributed by atoms with van der Waals surface area (Å²) in [6, 6.07) is 9.95. The third kappa shape index (κ3) is 2.64. The molecular formula is C17H21N3O2. The largest absolute Gasteiger partial charge is 0.464 e. The number of rotatable bonds is 4. The molecule has 1 aromatic heterocycles. The van der Waals surface area contributed by atoms with Gasteiger partial charge in [0, 0.05) is 24.2 Å². The number of benzene rings is 1. The number of nitrogens with zero attached hydrogens (tertiary/aromatic N) is 3. The molecule has 0 radical (unpaired) electrons. The SMILES string of the molecule is Cc1nn(-c2ccccc2)c(C)c1CN(C)C1CCOC1=O. The van der Waals surface area contributed by atoms with Crippen LogP contribution in [0.15, 0.2) is 30.3 Å². The summed E-state index contributed by atoms with van der Waals surface area (Å²) >= 11 is 0. The minimum Gasteiger partial charge on any atom is -0.464 e. The highest BCUT2D eigenvalue weighted by Gasteiger charge is 2.31. The van der Waals surface area contributed by atoms with E-state index in [2.05, 4.69) is 16.9 Å². The highest BCUT2D eigenvalue weighted by molar-refractivity contribution is 5.77. The van der Waals surface area contributed by atoms with Crippen LogP contribution in [0.1, 0.15) is 23.4 Å². The molecule has 0 N–H and O–H groups in total. The molecule has 0 bridgehead atoms. The normalized spacial score (nSPS) is 18.0. The molecule has 116 valence electrons. The molecule has 5 nitrogen and oxygen atoms in total. The number of hydrogen-bond donors (Lipinski definition) is 0. The fourth-order valence-electron chi connectivity index (χ4n) is 2.97. The van der Waals surface area contributed by atoms with Crippen molar-refractivity contribution in [1.29, 1.82) is 0 Å². The van der Waals surface area contributed by atoms with Crippen molar-refractivity contribution in [2.24, 2.45) is 0 Å². The monoisotopic (exact) mass is 299 g/mol. The van der Waals surface area contributed by atoms with Crippen molar-refractivity contribution in [2.75, 3.05) is 13.7 Å². The molecule has 0 aliphatic carbocycles. The zero-order valence-corrected chi connectivity index (χ0v) is 13.2. The number of likely N-dealkylation sites (N-methyl/N-ethyl adjacent to an activating group) is 1. The Morgan fingerprint density at radius 3 is 2.68 bits per heavy atom. The van der Waals surface area contributed by atoms with Gasteiger partial charge >= 0.3 is 5.97 Å². The van der Waals surface area contributed by atoms with Gasteiger partial charge in [0.1, 0.15) is 6.04 Å². The van der Waals surface area contributed by atoms with Crippen molar-refractivity contribution in [1.82, 2.24) is 14.7 Å². The van der Waals surface area contributed by atoms with Crippen LogP contribution in [-0.2, 0) is 16.1 Å². The average Bonchev–Trinajstić information content (AvgIpc) is 3.06. The highest BCUT2D eigenvalue weighted by atomic mass is 16.5. The number of aromatic nitrogens is 2. The van der Waals surface area contributed by atoms with E-state index in [9.17, 15) is 4.79 Å². The van der Waals surface area contributed by atoms with E-state index in [4.69, 9.17) is 4.74 Å². The third-order valence-electron chi connectivity index (χ3n) is 4.29. The smallest absolute Gasteiger partial charge is 0.323 e. The summed E-state index contributed by atoms with van der Waals surface area (Å²) in [5, 5.41) is 4.65. The molecule has 22 heavy (non-hydrogen) atoms. The summed E-state index contributed by atoms with van der Waals surface area (Å²) < 4.78 is 7.02. The van der Waals surface area contributed by atoms with Gasteiger partial charge in [0.25, 0.3) is 0 Å². The fraction of sp³-hybridized carbons (Fsp3) is 0.412. The van der Waals surface area contributed by atoms with E-state index in [1.54, 1.807) is 0 Å². The van der Waals surface area contributed by atoms with Crippen molar-refractivity contribution < 1.29 is 9.53 Å². The second kappa shape index (κ2) is 5.93. The van der Waals surface area contributed by atoms with E-state index in [0.29, 0.717) is 13.2 Å². The second-order valence-electron chi connectivity index (χ2n) is 5.78. The first-order chi connectivity index (χ1) is 10.6. The molecule has 0 saturated carbocycles. The minimum atomic E-state index is -0.140. The van der Waals surface area contributed by atoms with Gasteiger partial charge in [-0.25, -0.2) is 4.68 Å². The molecule has 1 aromatic carbocycles. The summed E-state index contributed by atoms with van der Waals surface area (Å²) in [7, 11) is 1.97. The molecule has 1 fully saturated rings. The predicted octanol–water partition coefficient (Wildman–Crippen LogP) is 2.24. The van der Waals surface area contributed by atoms with Gasteiger partial charge in [0.05, 0.1) is 18.0 Å². The zero-order valence-electron chi connectivity index (χ0n) is 13.2. The van der Waals surface area contributed by atoms with Crippen LogP contribution in [0, 0.1) is 13.8 Å². The van der Waals surface area contributed by atoms with Crippen molar-refractivity contribution in [2.45, 2.75) is 32.9 Å². The van der Waals surface area contributed by atoms with Crippen molar-refractivity contribution in [3.05, 3.63) is 47.3 Å². The molecule has 2 aromatic rings. The summed E-state index contributed by atoms with van der Waals surface area (Å²) in [6.07, 6.45) is 0.764. The summed E-state index contributed by atoms with van der Waals surface area (Å²) in [6.45, 7) is 5.31. The van der Waals surface area contributed by atoms with E-state index in [1.165, 1.54) is 5.56 Å². The maximum Gasteiger partial charge on any atom is 0.323 e. The van der Waals surface area contributed by atoms with Gasteiger partial charge in [-0.1, -0.05) is 18.2 Å². The first-order valence-corrected chi connectivity index (χ1v) is 7.55. The predicted molar refractivity (Wildman–Crippen MR) is 83.9 cm³/mol. The highest BCUT2D eigenvalue weighted by Crippen LogP contribution is 2.21. The summed E-state index contributed by atoms with van der Waals surface area (Å²) in [5.74, 6) is -0.117. The number of ether oxygens (including phenoxy) is 1. The Morgan fingerprint density at radius 1 is 1.32 bits per heavy atom. The van der Waals surface area contributed by atoms with Gasteiger partial charge in [0.15, 0.2) is 0 Å². The second-order valence-corrected chi connectivity index (χ2v) is 5.78. The molecule has 3 rings (SSSR count). The van der Waals surface area contributed by atoms with E-state index >= 15 is 0 Å². The quantitative estimate of drug-likeness (QED) is 0.812. The Kier molecular flexibility index (Phi) is 3.98. The summed E-state index contributed by atoms with van der Waals surface area (Å²) in [4.78, 5) is 13.8. The van der Waals surface area contributed by atoms with Crippen molar-refractivity contribution in [3.8, 4) is 5.69 Å². The number of carbonyl (C=O) groups is 1. The number of hydrogen-bond acceptors (Lipinski definition) is 4. The molecule has 1 atom stereocenters. The summed E-state index contributed by atoms with van der Waals surface area (Å²) in [5.41, 5.74) is 4.34. The van der Waals surface area contributed by atoms with Gasteiger partial charge in [-0.3, -0.25) is 9.69 Å². The van der Waals surface area contributed by atoms with Gasteiger partial charge in [-0.2, -0.15) is 5.10 Å². The molecule has 1 aliphatic rings. The number of esters is 1. The fourth-order valence-corrected chi connectivity index (χ4v) is 2.97. The van der Waals surface area contributed by atoms with Crippen LogP contribution in [-0.4, -0.2) is 40.3 Å². The van der Waals surface area contributed by atoms with Crippen LogP contribution in [0.2, 0.25) is 0 Å².